The van der Waals surface area contributed by atoms with Crippen LogP contribution in [-0.4, -0.2) is 21.9 Å². The molecule has 0 unspecified atom stereocenters. The maximum atomic E-state index is 13.1. The highest BCUT2D eigenvalue weighted by Crippen LogP contribution is 2.24. The molecule has 35 heavy (non-hydrogen) atoms. The predicted molar refractivity (Wildman–Crippen MR) is 136 cm³/mol. The van der Waals surface area contributed by atoms with E-state index in [-0.39, 0.29) is 23.0 Å². The van der Waals surface area contributed by atoms with Gasteiger partial charge in [-0.05, 0) is 77.8 Å². The molecule has 1 N–H and O–H groups in total. The highest BCUT2D eigenvalue weighted by atomic mass is 32.1. The van der Waals surface area contributed by atoms with E-state index in [9.17, 15) is 19.7 Å². The van der Waals surface area contributed by atoms with Crippen molar-refractivity contribution >= 4 is 46.6 Å². The fraction of sp³-hybridized carbons (Fsp3) is 0.115. The van der Waals surface area contributed by atoms with Crippen LogP contribution in [0.5, 0.6) is 5.75 Å². The van der Waals surface area contributed by atoms with Crippen LogP contribution in [0.2, 0.25) is 0 Å². The number of nitrogens with one attached hydrogen (secondary N) is 1. The lowest BCUT2D eigenvalue weighted by molar-refractivity contribution is -0.384. The van der Waals surface area contributed by atoms with E-state index in [0.29, 0.717) is 17.0 Å². The van der Waals surface area contributed by atoms with Gasteiger partial charge in [-0.15, -0.1) is 0 Å². The zero-order valence-corrected chi connectivity index (χ0v) is 19.6. The quantitative estimate of drug-likeness (QED) is 0.172. The lowest BCUT2D eigenvalue weighted by Crippen LogP contribution is -2.54. The minimum atomic E-state index is -0.556. The van der Waals surface area contributed by atoms with Gasteiger partial charge in [-0.25, -0.2) is 0 Å². The number of carbonyl (C=O) groups excluding carboxylic acids is 2. The summed E-state index contributed by atoms with van der Waals surface area (Å²) in [4.78, 5) is 37.3. The molecule has 0 aliphatic carbocycles. The van der Waals surface area contributed by atoms with Gasteiger partial charge in [0.05, 0.1) is 10.6 Å². The standard InChI is InChI=1S/C26H21N3O5S/c1-2-17-3-9-20(10-4-17)28-25(31)23(24(30)27-26(28)35)15-18-7-13-22(14-8-18)34-16-19-5-11-21(12-6-19)29(32)33/h3-15H,2,16H2,1H3,(H,27,30,35). The zero-order valence-electron chi connectivity index (χ0n) is 18.8. The van der Waals surface area contributed by atoms with Gasteiger partial charge in [-0.3, -0.25) is 29.9 Å². The zero-order chi connectivity index (χ0) is 24.9. The van der Waals surface area contributed by atoms with Crippen LogP contribution in [0.3, 0.4) is 0 Å². The van der Waals surface area contributed by atoms with Crippen molar-refractivity contribution in [2.45, 2.75) is 20.0 Å². The van der Waals surface area contributed by atoms with Gasteiger partial charge in [0.25, 0.3) is 17.5 Å². The SMILES string of the molecule is CCc1ccc(N2C(=O)C(=Cc3ccc(OCc4ccc([N+](=O)[O-])cc4)cc3)C(=O)NC2=S)cc1. The number of thiocarbonyl (C=S) groups is 1. The van der Waals surface area contributed by atoms with Crippen molar-refractivity contribution in [3.8, 4) is 5.75 Å². The van der Waals surface area contributed by atoms with Crippen molar-refractivity contribution in [1.82, 2.24) is 5.32 Å². The van der Waals surface area contributed by atoms with E-state index in [1.54, 1.807) is 48.5 Å². The topological polar surface area (TPSA) is 102 Å². The fourth-order valence-corrected chi connectivity index (χ4v) is 3.76. The van der Waals surface area contributed by atoms with Gasteiger partial charge >= 0.3 is 0 Å². The summed E-state index contributed by atoms with van der Waals surface area (Å²) in [5.74, 6) is -0.481. The fourth-order valence-electron chi connectivity index (χ4n) is 3.48. The van der Waals surface area contributed by atoms with Crippen LogP contribution < -0.4 is 15.0 Å². The summed E-state index contributed by atoms with van der Waals surface area (Å²) in [7, 11) is 0. The molecule has 3 aromatic rings. The highest BCUT2D eigenvalue weighted by Gasteiger charge is 2.34. The molecule has 1 aliphatic rings. The number of ether oxygens (including phenoxy) is 1. The smallest absolute Gasteiger partial charge is 0.270 e. The van der Waals surface area contributed by atoms with E-state index in [2.05, 4.69) is 5.32 Å². The molecule has 0 aromatic heterocycles. The van der Waals surface area contributed by atoms with Crippen LogP contribution in [0.4, 0.5) is 11.4 Å². The maximum Gasteiger partial charge on any atom is 0.270 e. The number of aryl methyl sites for hydroxylation is 1. The van der Waals surface area contributed by atoms with Crippen molar-refractivity contribution in [1.29, 1.82) is 0 Å². The lowest BCUT2D eigenvalue weighted by Gasteiger charge is -2.29. The molecule has 1 saturated heterocycles. The summed E-state index contributed by atoms with van der Waals surface area (Å²) in [6, 6.07) is 20.4. The Hall–Kier alpha value is -4.37. The minimum absolute atomic E-state index is 0.0183. The molecule has 2 amide bonds. The number of nitro groups is 1. The third-order valence-electron chi connectivity index (χ3n) is 5.45. The average molecular weight is 488 g/mol. The Morgan fingerprint density at radius 3 is 2.20 bits per heavy atom. The molecule has 8 nitrogen and oxygen atoms in total. The third kappa shape index (κ3) is 5.42. The molecule has 4 rings (SSSR count). The van der Waals surface area contributed by atoms with Crippen molar-refractivity contribution in [2.24, 2.45) is 0 Å². The number of amides is 2. The molecule has 3 aromatic carbocycles. The molecule has 1 aliphatic heterocycles. The summed E-state index contributed by atoms with van der Waals surface area (Å²) < 4.78 is 5.73. The van der Waals surface area contributed by atoms with Crippen molar-refractivity contribution < 1.29 is 19.2 Å². The summed E-state index contributed by atoms with van der Waals surface area (Å²) in [6.45, 7) is 2.28. The first kappa shape index (κ1) is 23.8. The van der Waals surface area contributed by atoms with E-state index in [4.69, 9.17) is 17.0 Å². The number of hydrogen-bond donors (Lipinski definition) is 1. The molecule has 1 heterocycles. The average Bonchev–Trinajstić information content (AvgIpc) is 2.86. The van der Waals surface area contributed by atoms with Crippen LogP contribution in [-0.2, 0) is 22.6 Å². The normalized spacial score (nSPS) is 14.7. The summed E-state index contributed by atoms with van der Waals surface area (Å²) in [5, 5.41) is 13.4. The number of carbonyl (C=O) groups is 2. The highest BCUT2D eigenvalue weighted by molar-refractivity contribution is 7.80. The van der Waals surface area contributed by atoms with Crippen molar-refractivity contribution in [3.05, 3.63) is 105 Å². The molecule has 1 fully saturated rings. The molecule has 0 spiro atoms. The van der Waals surface area contributed by atoms with Crippen LogP contribution in [0.25, 0.3) is 6.08 Å². The molecular formula is C26H21N3O5S. The maximum absolute atomic E-state index is 13.1. The summed E-state index contributed by atoms with van der Waals surface area (Å²) >= 11 is 5.24. The number of nitrogens with zero attached hydrogens (tertiary/aromatic N) is 2. The molecule has 0 radical (unpaired) electrons. The van der Waals surface area contributed by atoms with E-state index >= 15 is 0 Å². The van der Waals surface area contributed by atoms with Gasteiger partial charge in [0.2, 0.25) is 0 Å². The number of benzene rings is 3. The molecule has 0 bridgehead atoms. The van der Waals surface area contributed by atoms with E-state index in [0.717, 1.165) is 17.5 Å². The van der Waals surface area contributed by atoms with Gasteiger partial charge in [0, 0.05) is 12.1 Å². The van der Waals surface area contributed by atoms with Crippen LogP contribution in [0, 0.1) is 10.1 Å². The largest absolute Gasteiger partial charge is 0.489 e. The Balaban J connectivity index is 1.47. The minimum Gasteiger partial charge on any atom is -0.489 e. The summed E-state index contributed by atoms with van der Waals surface area (Å²) in [5.41, 5.74) is 3.12. The monoisotopic (exact) mass is 487 g/mol. The van der Waals surface area contributed by atoms with Crippen molar-refractivity contribution in [3.63, 3.8) is 0 Å². The number of nitro benzene ring substituents is 1. The first-order valence-electron chi connectivity index (χ1n) is 10.8. The van der Waals surface area contributed by atoms with E-state index in [1.165, 1.54) is 23.1 Å². The number of hydrogen-bond acceptors (Lipinski definition) is 6. The molecule has 176 valence electrons. The number of anilines is 1. The van der Waals surface area contributed by atoms with Gasteiger partial charge in [-0.1, -0.05) is 31.2 Å². The van der Waals surface area contributed by atoms with Gasteiger partial charge in [0.1, 0.15) is 17.9 Å². The number of rotatable bonds is 7. The molecular weight excluding hydrogens is 466 g/mol. The first-order valence-corrected chi connectivity index (χ1v) is 11.2. The van der Waals surface area contributed by atoms with Crippen molar-refractivity contribution in [2.75, 3.05) is 4.90 Å². The Bertz CT molecular complexity index is 1320. The second kappa shape index (κ2) is 10.3. The second-order valence-corrected chi connectivity index (χ2v) is 8.15. The number of non-ortho nitro benzene ring substituents is 1. The lowest BCUT2D eigenvalue weighted by atomic mass is 10.1. The van der Waals surface area contributed by atoms with Crippen LogP contribution in [0.1, 0.15) is 23.6 Å². The Labute approximate surface area is 207 Å². The Morgan fingerprint density at radius 1 is 0.971 bits per heavy atom. The van der Waals surface area contributed by atoms with Crippen LogP contribution >= 0.6 is 12.2 Å². The molecule has 0 saturated carbocycles. The Kier molecular flexibility index (Phi) is 6.98. The van der Waals surface area contributed by atoms with E-state index in [1.807, 2.05) is 19.1 Å². The molecule has 0 atom stereocenters. The third-order valence-corrected chi connectivity index (χ3v) is 5.73. The van der Waals surface area contributed by atoms with Gasteiger partial charge < -0.3 is 4.74 Å². The predicted octanol–water partition coefficient (Wildman–Crippen LogP) is 4.57. The van der Waals surface area contributed by atoms with E-state index < -0.39 is 16.7 Å². The van der Waals surface area contributed by atoms with Gasteiger partial charge in [0.15, 0.2) is 5.11 Å². The second-order valence-electron chi connectivity index (χ2n) is 7.76. The van der Waals surface area contributed by atoms with Gasteiger partial charge in [-0.2, -0.15) is 0 Å². The summed E-state index contributed by atoms with van der Waals surface area (Å²) in [6.07, 6.45) is 2.38. The first-order chi connectivity index (χ1) is 16.9. The molecule has 9 heteroatoms. The Morgan fingerprint density at radius 2 is 1.60 bits per heavy atom. The van der Waals surface area contributed by atoms with Crippen LogP contribution in [0.15, 0.2) is 78.4 Å².